The molecule has 0 aliphatic rings. The standard InChI is InChI=1S/C8H7F2N3/c9-8(10)6-2-1-5(3-11)13-7(6)4-12/h1-2,8H,3,11H2. The van der Waals surface area contributed by atoms with Gasteiger partial charge in [0.15, 0.2) is 0 Å². The van der Waals surface area contributed by atoms with Gasteiger partial charge in [-0.2, -0.15) is 5.26 Å². The molecule has 0 unspecified atom stereocenters. The van der Waals surface area contributed by atoms with Gasteiger partial charge in [0.05, 0.1) is 11.3 Å². The van der Waals surface area contributed by atoms with E-state index in [4.69, 9.17) is 11.0 Å². The fraction of sp³-hybridized carbons (Fsp3) is 0.250. The first-order valence-electron chi connectivity index (χ1n) is 3.57. The quantitative estimate of drug-likeness (QED) is 0.752. The Kier molecular flexibility index (Phi) is 2.88. The molecule has 0 radical (unpaired) electrons. The maximum absolute atomic E-state index is 12.2. The van der Waals surface area contributed by atoms with Crippen molar-refractivity contribution in [2.24, 2.45) is 5.73 Å². The first-order chi connectivity index (χ1) is 6.19. The van der Waals surface area contributed by atoms with E-state index in [1.807, 2.05) is 0 Å². The normalized spacial score (nSPS) is 10.1. The smallest absolute Gasteiger partial charge is 0.266 e. The zero-order valence-corrected chi connectivity index (χ0v) is 6.67. The van der Waals surface area contributed by atoms with Gasteiger partial charge in [0.2, 0.25) is 0 Å². The summed E-state index contributed by atoms with van der Waals surface area (Å²) in [5.41, 5.74) is 5.07. The zero-order chi connectivity index (χ0) is 9.84. The number of halogens is 2. The van der Waals surface area contributed by atoms with Crippen LogP contribution in [-0.2, 0) is 6.54 Å². The van der Waals surface area contributed by atoms with Crippen LogP contribution in [0.5, 0.6) is 0 Å². The fourth-order valence-corrected chi connectivity index (χ4v) is 0.890. The highest BCUT2D eigenvalue weighted by molar-refractivity contribution is 5.33. The third-order valence-electron chi connectivity index (χ3n) is 1.53. The monoisotopic (exact) mass is 183 g/mol. The van der Waals surface area contributed by atoms with E-state index in [0.29, 0.717) is 5.69 Å². The van der Waals surface area contributed by atoms with Gasteiger partial charge >= 0.3 is 0 Å². The Morgan fingerprint density at radius 2 is 2.23 bits per heavy atom. The molecule has 1 aromatic heterocycles. The molecular weight excluding hydrogens is 176 g/mol. The minimum absolute atomic E-state index is 0.137. The van der Waals surface area contributed by atoms with Crippen LogP contribution in [-0.4, -0.2) is 4.98 Å². The predicted molar refractivity (Wildman–Crippen MR) is 41.8 cm³/mol. The number of aromatic nitrogens is 1. The van der Waals surface area contributed by atoms with Crippen molar-refractivity contribution in [2.75, 3.05) is 0 Å². The van der Waals surface area contributed by atoms with Crippen LogP contribution < -0.4 is 5.73 Å². The minimum atomic E-state index is -2.67. The van der Waals surface area contributed by atoms with Gasteiger partial charge in [0.1, 0.15) is 11.8 Å². The molecule has 0 saturated heterocycles. The predicted octanol–water partition coefficient (Wildman–Crippen LogP) is 1.35. The van der Waals surface area contributed by atoms with Gasteiger partial charge in [-0.3, -0.25) is 0 Å². The zero-order valence-electron chi connectivity index (χ0n) is 6.67. The topological polar surface area (TPSA) is 62.7 Å². The molecule has 1 rings (SSSR count). The number of nitrogens with two attached hydrogens (primary N) is 1. The Morgan fingerprint density at radius 1 is 1.54 bits per heavy atom. The molecular formula is C8H7F2N3. The van der Waals surface area contributed by atoms with E-state index in [1.165, 1.54) is 12.1 Å². The molecule has 0 bridgehead atoms. The maximum atomic E-state index is 12.2. The van der Waals surface area contributed by atoms with Crippen molar-refractivity contribution < 1.29 is 8.78 Å². The highest BCUT2D eigenvalue weighted by Gasteiger charge is 2.13. The number of alkyl halides is 2. The molecule has 0 aliphatic carbocycles. The van der Waals surface area contributed by atoms with Crippen LogP contribution in [0, 0.1) is 11.3 Å². The lowest BCUT2D eigenvalue weighted by Gasteiger charge is -2.02. The minimum Gasteiger partial charge on any atom is -0.325 e. The third-order valence-corrected chi connectivity index (χ3v) is 1.53. The maximum Gasteiger partial charge on any atom is 0.266 e. The van der Waals surface area contributed by atoms with Crippen molar-refractivity contribution in [3.05, 3.63) is 29.1 Å². The van der Waals surface area contributed by atoms with Crippen LogP contribution in [0.15, 0.2) is 12.1 Å². The van der Waals surface area contributed by atoms with Gasteiger partial charge in [0.25, 0.3) is 6.43 Å². The summed E-state index contributed by atoms with van der Waals surface area (Å²) < 4.78 is 24.5. The summed E-state index contributed by atoms with van der Waals surface area (Å²) in [4.78, 5) is 3.66. The molecule has 0 saturated carbocycles. The Balaban J connectivity index is 3.18. The Bertz CT molecular complexity index is 344. The Hall–Kier alpha value is -1.54. The molecule has 3 nitrogen and oxygen atoms in total. The van der Waals surface area contributed by atoms with Crippen LogP contribution >= 0.6 is 0 Å². The lowest BCUT2D eigenvalue weighted by molar-refractivity contribution is 0.150. The molecule has 2 N–H and O–H groups in total. The second-order valence-electron chi connectivity index (χ2n) is 2.36. The van der Waals surface area contributed by atoms with Crippen molar-refractivity contribution in [1.29, 1.82) is 5.26 Å². The SMILES string of the molecule is N#Cc1nc(CN)ccc1C(F)F. The van der Waals surface area contributed by atoms with Gasteiger partial charge in [-0.25, -0.2) is 13.8 Å². The molecule has 0 atom stereocenters. The van der Waals surface area contributed by atoms with E-state index in [-0.39, 0.29) is 17.8 Å². The summed E-state index contributed by atoms with van der Waals surface area (Å²) in [5.74, 6) is 0. The number of pyridine rings is 1. The van der Waals surface area contributed by atoms with E-state index >= 15 is 0 Å². The lowest BCUT2D eigenvalue weighted by Crippen LogP contribution is -2.03. The van der Waals surface area contributed by atoms with Crippen LogP contribution in [0.3, 0.4) is 0 Å². The molecule has 1 heterocycles. The van der Waals surface area contributed by atoms with Gasteiger partial charge in [0, 0.05) is 6.54 Å². The number of rotatable bonds is 2. The van der Waals surface area contributed by atoms with Crippen molar-refractivity contribution in [3.8, 4) is 6.07 Å². The summed E-state index contributed by atoms with van der Waals surface area (Å²) >= 11 is 0. The molecule has 0 fully saturated rings. The number of nitriles is 1. The Labute approximate surface area is 73.8 Å². The van der Waals surface area contributed by atoms with Gasteiger partial charge < -0.3 is 5.73 Å². The fourth-order valence-electron chi connectivity index (χ4n) is 0.890. The van der Waals surface area contributed by atoms with Gasteiger partial charge in [-0.05, 0) is 12.1 Å². The van der Waals surface area contributed by atoms with Crippen LogP contribution in [0.4, 0.5) is 8.78 Å². The Morgan fingerprint density at radius 3 is 2.69 bits per heavy atom. The third kappa shape index (κ3) is 1.98. The molecule has 0 amide bonds. The highest BCUT2D eigenvalue weighted by atomic mass is 19.3. The van der Waals surface area contributed by atoms with Crippen molar-refractivity contribution >= 4 is 0 Å². The van der Waals surface area contributed by atoms with Crippen molar-refractivity contribution in [3.63, 3.8) is 0 Å². The molecule has 5 heteroatoms. The second kappa shape index (κ2) is 3.92. The van der Waals surface area contributed by atoms with Crippen LogP contribution in [0.1, 0.15) is 23.4 Å². The molecule has 13 heavy (non-hydrogen) atoms. The van der Waals surface area contributed by atoms with Gasteiger partial charge in [-0.1, -0.05) is 0 Å². The van der Waals surface area contributed by atoms with Crippen molar-refractivity contribution in [1.82, 2.24) is 4.98 Å². The summed E-state index contributed by atoms with van der Waals surface area (Å²) in [5, 5.41) is 8.50. The van der Waals surface area contributed by atoms with E-state index < -0.39 is 6.43 Å². The number of hydrogen-bond acceptors (Lipinski definition) is 3. The summed E-state index contributed by atoms with van der Waals surface area (Å²) in [7, 11) is 0. The number of hydrogen-bond donors (Lipinski definition) is 1. The number of nitrogens with zero attached hydrogens (tertiary/aromatic N) is 2. The van der Waals surface area contributed by atoms with E-state index in [1.54, 1.807) is 6.07 Å². The van der Waals surface area contributed by atoms with E-state index in [2.05, 4.69) is 4.98 Å². The molecule has 0 spiro atoms. The van der Waals surface area contributed by atoms with Crippen molar-refractivity contribution in [2.45, 2.75) is 13.0 Å². The van der Waals surface area contributed by atoms with Crippen LogP contribution in [0.2, 0.25) is 0 Å². The van der Waals surface area contributed by atoms with E-state index in [0.717, 1.165) is 0 Å². The van der Waals surface area contributed by atoms with Crippen LogP contribution in [0.25, 0.3) is 0 Å². The van der Waals surface area contributed by atoms with Gasteiger partial charge in [-0.15, -0.1) is 0 Å². The first kappa shape index (κ1) is 9.55. The molecule has 68 valence electrons. The molecule has 0 aromatic carbocycles. The summed E-state index contributed by atoms with van der Waals surface area (Å²) in [6, 6.07) is 4.18. The second-order valence-corrected chi connectivity index (χ2v) is 2.36. The largest absolute Gasteiger partial charge is 0.325 e. The van der Waals surface area contributed by atoms with E-state index in [9.17, 15) is 8.78 Å². The summed E-state index contributed by atoms with van der Waals surface area (Å²) in [6.45, 7) is 0.137. The lowest BCUT2D eigenvalue weighted by atomic mass is 10.2. The first-order valence-corrected chi connectivity index (χ1v) is 3.57. The molecule has 0 aliphatic heterocycles. The average Bonchev–Trinajstić information content (AvgIpc) is 2.16. The molecule has 1 aromatic rings. The average molecular weight is 183 g/mol. The highest BCUT2D eigenvalue weighted by Crippen LogP contribution is 2.21. The summed E-state index contributed by atoms with van der Waals surface area (Å²) in [6.07, 6.45) is -2.67.